The van der Waals surface area contributed by atoms with Crippen LogP contribution in [0.3, 0.4) is 0 Å². The van der Waals surface area contributed by atoms with Gasteiger partial charge in [-0.15, -0.1) is 0 Å². The highest BCUT2D eigenvalue weighted by atomic mass is 16.5. The van der Waals surface area contributed by atoms with Gasteiger partial charge < -0.3 is 10.1 Å². The first-order valence-electron chi connectivity index (χ1n) is 4.61. The van der Waals surface area contributed by atoms with Crippen LogP contribution in [-0.2, 0) is 11.2 Å². The highest BCUT2D eigenvalue weighted by Gasteiger charge is 2.12. The molecule has 0 bridgehead atoms. The van der Waals surface area contributed by atoms with E-state index >= 15 is 0 Å². The molecule has 0 saturated carbocycles. The van der Waals surface area contributed by atoms with Crippen LogP contribution >= 0.6 is 0 Å². The van der Waals surface area contributed by atoms with E-state index in [9.17, 15) is 0 Å². The predicted octanol–water partition coefficient (Wildman–Crippen LogP) is -0.274. The monoisotopic (exact) mass is 182 g/mol. The summed E-state index contributed by atoms with van der Waals surface area (Å²) in [7, 11) is 0. The maximum absolute atomic E-state index is 5.35. The van der Waals surface area contributed by atoms with Gasteiger partial charge in [-0.3, -0.25) is 0 Å². The largest absolute Gasteiger partial charge is 0.379 e. The van der Waals surface area contributed by atoms with Crippen LogP contribution in [0.4, 0.5) is 0 Å². The molecule has 1 aliphatic rings. The Bertz CT molecular complexity index is 230. The van der Waals surface area contributed by atoms with Gasteiger partial charge in [0.15, 0.2) is 0 Å². The van der Waals surface area contributed by atoms with Crippen LogP contribution < -0.4 is 5.32 Å². The maximum atomic E-state index is 5.35. The number of aromatic amines is 1. The lowest BCUT2D eigenvalue weighted by atomic mass is 10.1. The summed E-state index contributed by atoms with van der Waals surface area (Å²) >= 11 is 0. The summed E-state index contributed by atoms with van der Waals surface area (Å²) in [5.74, 6) is 0. The summed E-state index contributed by atoms with van der Waals surface area (Å²) in [6.45, 7) is 2.61. The Morgan fingerprint density at radius 3 is 3.31 bits per heavy atom. The van der Waals surface area contributed by atoms with Crippen molar-refractivity contribution in [1.29, 1.82) is 0 Å². The van der Waals surface area contributed by atoms with Crippen molar-refractivity contribution in [1.82, 2.24) is 20.7 Å². The Kier molecular flexibility index (Phi) is 2.89. The molecule has 2 N–H and O–H groups in total. The van der Waals surface area contributed by atoms with Gasteiger partial charge in [-0.1, -0.05) is 0 Å². The fourth-order valence-electron chi connectivity index (χ4n) is 1.47. The lowest BCUT2D eigenvalue weighted by Gasteiger charge is -2.23. The molecule has 1 fully saturated rings. The first kappa shape index (κ1) is 8.65. The fraction of sp³-hybridized carbons (Fsp3) is 0.750. The average Bonchev–Trinajstić information content (AvgIpc) is 2.69. The number of nitrogens with one attached hydrogen (secondary N) is 2. The van der Waals surface area contributed by atoms with Crippen molar-refractivity contribution >= 4 is 0 Å². The van der Waals surface area contributed by atoms with E-state index in [-0.39, 0.29) is 0 Å². The molecule has 1 aromatic rings. The van der Waals surface area contributed by atoms with Gasteiger partial charge in [-0.05, 0) is 12.8 Å². The van der Waals surface area contributed by atoms with Crippen molar-refractivity contribution < 1.29 is 4.74 Å². The Labute approximate surface area is 76.9 Å². The molecule has 1 saturated heterocycles. The van der Waals surface area contributed by atoms with Crippen LogP contribution in [0.15, 0.2) is 6.20 Å². The van der Waals surface area contributed by atoms with Gasteiger partial charge in [0.25, 0.3) is 0 Å². The van der Waals surface area contributed by atoms with Crippen molar-refractivity contribution in [2.45, 2.75) is 18.9 Å². The van der Waals surface area contributed by atoms with E-state index in [0.29, 0.717) is 6.04 Å². The van der Waals surface area contributed by atoms with E-state index in [2.05, 4.69) is 20.7 Å². The summed E-state index contributed by atoms with van der Waals surface area (Å²) < 4.78 is 5.35. The summed E-state index contributed by atoms with van der Waals surface area (Å²) in [5.41, 5.74) is 1.02. The maximum Gasteiger partial charge on any atom is 0.0825 e. The van der Waals surface area contributed by atoms with Crippen molar-refractivity contribution in [2.75, 3.05) is 19.8 Å². The second kappa shape index (κ2) is 4.34. The van der Waals surface area contributed by atoms with Crippen molar-refractivity contribution in [3.05, 3.63) is 11.9 Å². The lowest BCUT2D eigenvalue weighted by molar-refractivity contribution is 0.0743. The number of hydrogen-bond acceptors (Lipinski definition) is 4. The zero-order valence-electron chi connectivity index (χ0n) is 7.49. The molecule has 0 spiro atoms. The Morgan fingerprint density at radius 2 is 2.62 bits per heavy atom. The molecular formula is C8H14N4O. The number of aryl methyl sites for hydroxylation is 1. The van der Waals surface area contributed by atoms with Crippen LogP contribution in [0, 0.1) is 0 Å². The predicted molar refractivity (Wildman–Crippen MR) is 47.3 cm³/mol. The molecule has 0 radical (unpaired) electrons. The quantitative estimate of drug-likeness (QED) is 0.675. The van der Waals surface area contributed by atoms with Gasteiger partial charge in [-0.2, -0.15) is 15.4 Å². The van der Waals surface area contributed by atoms with Crippen molar-refractivity contribution in [2.24, 2.45) is 0 Å². The van der Waals surface area contributed by atoms with Crippen LogP contribution in [0.1, 0.15) is 12.1 Å². The van der Waals surface area contributed by atoms with Gasteiger partial charge in [-0.25, -0.2) is 0 Å². The molecule has 1 aliphatic heterocycles. The standard InChI is InChI=1S/C8H14N4O/c1(7-5-10-12-11-7)2-8-6-13-4-3-9-8/h5,8-9H,1-4,6H2,(H,10,11,12). The highest BCUT2D eigenvalue weighted by molar-refractivity contribution is 4.91. The summed E-state index contributed by atoms with van der Waals surface area (Å²) in [6.07, 6.45) is 3.79. The van der Waals surface area contributed by atoms with E-state index in [0.717, 1.165) is 38.3 Å². The average molecular weight is 182 g/mol. The molecule has 5 nitrogen and oxygen atoms in total. The van der Waals surface area contributed by atoms with Gasteiger partial charge in [0.2, 0.25) is 0 Å². The normalized spacial score (nSPS) is 23.2. The summed E-state index contributed by atoms with van der Waals surface area (Å²) in [4.78, 5) is 0. The Morgan fingerprint density at radius 1 is 1.62 bits per heavy atom. The van der Waals surface area contributed by atoms with E-state index in [1.165, 1.54) is 0 Å². The van der Waals surface area contributed by atoms with Crippen molar-refractivity contribution in [3.63, 3.8) is 0 Å². The molecule has 2 rings (SSSR count). The third kappa shape index (κ3) is 2.50. The van der Waals surface area contributed by atoms with Gasteiger partial charge in [0.05, 0.1) is 25.1 Å². The zero-order chi connectivity index (χ0) is 8.93. The number of rotatable bonds is 3. The van der Waals surface area contributed by atoms with Gasteiger partial charge in [0.1, 0.15) is 0 Å². The van der Waals surface area contributed by atoms with E-state index in [1.54, 1.807) is 6.20 Å². The molecule has 0 amide bonds. The molecule has 72 valence electrons. The third-order valence-corrected chi connectivity index (χ3v) is 2.21. The zero-order valence-corrected chi connectivity index (χ0v) is 7.49. The molecule has 5 heteroatoms. The van der Waals surface area contributed by atoms with Crippen LogP contribution in [-0.4, -0.2) is 41.2 Å². The minimum atomic E-state index is 0.477. The molecule has 1 atom stereocenters. The molecular weight excluding hydrogens is 168 g/mol. The minimum Gasteiger partial charge on any atom is -0.379 e. The van der Waals surface area contributed by atoms with E-state index < -0.39 is 0 Å². The first-order chi connectivity index (χ1) is 6.45. The smallest absolute Gasteiger partial charge is 0.0825 e. The highest BCUT2D eigenvalue weighted by Crippen LogP contribution is 2.03. The number of aromatic nitrogens is 3. The minimum absolute atomic E-state index is 0.477. The molecule has 0 aliphatic carbocycles. The molecule has 1 unspecified atom stereocenters. The van der Waals surface area contributed by atoms with Crippen molar-refractivity contribution in [3.8, 4) is 0 Å². The number of nitrogens with zero attached hydrogens (tertiary/aromatic N) is 2. The molecule has 1 aromatic heterocycles. The third-order valence-electron chi connectivity index (χ3n) is 2.21. The number of ether oxygens (including phenoxy) is 1. The van der Waals surface area contributed by atoms with Crippen LogP contribution in [0.5, 0.6) is 0 Å². The van der Waals surface area contributed by atoms with Gasteiger partial charge >= 0.3 is 0 Å². The number of hydrogen-bond donors (Lipinski definition) is 2. The number of morpholine rings is 1. The molecule has 2 heterocycles. The summed E-state index contributed by atoms with van der Waals surface area (Å²) in [5, 5.41) is 13.8. The number of H-pyrrole nitrogens is 1. The SMILES string of the molecule is c1n[nH]nc1CCC1COCCN1. The van der Waals surface area contributed by atoms with Crippen LogP contribution in [0.2, 0.25) is 0 Å². The lowest BCUT2D eigenvalue weighted by Crippen LogP contribution is -2.41. The van der Waals surface area contributed by atoms with E-state index in [1.807, 2.05) is 0 Å². The summed E-state index contributed by atoms with van der Waals surface area (Å²) in [6, 6.07) is 0.477. The Balaban J connectivity index is 1.72. The van der Waals surface area contributed by atoms with Crippen LogP contribution in [0.25, 0.3) is 0 Å². The first-order valence-corrected chi connectivity index (χ1v) is 4.61. The fourth-order valence-corrected chi connectivity index (χ4v) is 1.47. The van der Waals surface area contributed by atoms with E-state index in [4.69, 9.17) is 4.74 Å². The van der Waals surface area contributed by atoms with Gasteiger partial charge in [0, 0.05) is 12.6 Å². The second-order valence-corrected chi connectivity index (χ2v) is 3.23. The molecule has 13 heavy (non-hydrogen) atoms. The second-order valence-electron chi connectivity index (χ2n) is 3.23. The molecule has 0 aromatic carbocycles. The topological polar surface area (TPSA) is 62.8 Å². The Hall–Kier alpha value is -0.940.